The fourth-order valence-corrected chi connectivity index (χ4v) is 2.59. The van der Waals surface area contributed by atoms with Crippen molar-refractivity contribution in [3.63, 3.8) is 0 Å². The lowest BCUT2D eigenvalue weighted by atomic mass is 10.2. The SMILES string of the molecule is CSCCCNC(=NCc1ccccc1F)NCc1nnc(C)n1C.I. The van der Waals surface area contributed by atoms with Gasteiger partial charge in [0.25, 0.3) is 0 Å². The Balaban J connectivity index is 0.00000338. The van der Waals surface area contributed by atoms with Crippen molar-refractivity contribution >= 4 is 41.7 Å². The molecule has 0 fully saturated rings. The smallest absolute Gasteiger partial charge is 0.191 e. The second-order valence-electron chi connectivity index (χ2n) is 5.61. The number of hydrogen-bond donors (Lipinski definition) is 2. The maximum Gasteiger partial charge on any atom is 0.191 e. The molecule has 9 heteroatoms. The Kier molecular flexibility index (Phi) is 10.6. The van der Waals surface area contributed by atoms with E-state index in [0.29, 0.717) is 18.1 Å². The van der Waals surface area contributed by atoms with Crippen molar-refractivity contribution < 1.29 is 4.39 Å². The molecule has 0 aliphatic rings. The molecule has 0 bridgehead atoms. The molecule has 144 valence electrons. The predicted octanol–water partition coefficient (Wildman–Crippen LogP) is 2.87. The van der Waals surface area contributed by atoms with E-state index in [-0.39, 0.29) is 36.3 Å². The van der Waals surface area contributed by atoms with E-state index in [9.17, 15) is 4.39 Å². The van der Waals surface area contributed by atoms with Crippen molar-refractivity contribution in [1.29, 1.82) is 0 Å². The van der Waals surface area contributed by atoms with Crippen LogP contribution in [0.3, 0.4) is 0 Å². The van der Waals surface area contributed by atoms with Gasteiger partial charge in [-0.15, -0.1) is 34.2 Å². The molecule has 0 unspecified atom stereocenters. The number of aliphatic imine (C=N–C) groups is 1. The number of hydrogen-bond acceptors (Lipinski definition) is 4. The summed E-state index contributed by atoms with van der Waals surface area (Å²) >= 11 is 1.81. The summed E-state index contributed by atoms with van der Waals surface area (Å²) < 4.78 is 15.7. The first-order valence-electron chi connectivity index (χ1n) is 8.21. The van der Waals surface area contributed by atoms with Crippen LogP contribution in [0, 0.1) is 12.7 Å². The number of halogens is 2. The molecule has 1 aromatic heterocycles. The molecular weight excluding hydrogens is 466 g/mol. The second kappa shape index (κ2) is 12.1. The highest BCUT2D eigenvalue weighted by atomic mass is 127. The number of thioether (sulfide) groups is 1. The van der Waals surface area contributed by atoms with Gasteiger partial charge in [0.15, 0.2) is 11.8 Å². The predicted molar refractivity (Wildman–Crippen MR) is 117 cm³/mol. The number of nitrogens with zero attached hydrogens (tertiary/aromatic N) is 4. The third-order valence-corrected chi connectivity index (χ3v) is 4.48. The van der Waals surface area contributed by atoms with Crippen LogP contribution in [0.4, 0.5) is 4.39 Å². The van der Waals surface area contributed by atoms with Gasteiger partial charge < -0.3 is 15.2 Å². The zero-order valence-corrected chi connectivity index (χ0v) is 18.5. The van der Waals surface area contributed by atoms with Crippen molar-refractivity contribution in [3.8, 4) is 0 Å². The van der Waals surface area contributed by atoms with Crippen molar-refractivity contribution in [1.82, 2.24) is 25.4 Å². The van der Waals surface area contributed by atoms with E-state index in [4.69, 9.17) is 0 Å². The van der Waals surface area contributed by atoms with E-state index in [2.05, 4.69) is 32.1 Å². The van der Waals surface area contributed by atoms with Gasteiger partial charge in [-0.3, -0.25) is 0 Å². The fourth-order valence-electron chi connectivity index (χ4n) is 2.16. The minimum absolute atomic E-state index is 0. The summed E-state index contributed by atoms with van der Waals surface area (Å²) in [5, 5.41) is 14.7. The normalized spacial score (nSPS) is 11.2. The van der Waals surface area contributed by atoms with Gasteiger partial charge >= 0.3 is 0 Å². The van der Waals surface area contributed by atoms with Gasteiger partial charge in [0, 0.05) is 19.2 Å². The van der Waals surface area contributed by atoms with Crippen LogP contribution in [0.25, 0.3) is 0 Å². The van der Waals surface area contributed by atoms with Gasteiger partial charge in [0.05, 0.1) is 13.1 Å². The number of rotatable bonds is 8. The first-order chi connectivity index (χ1) is 12.1. The first-order valence-corrected chi connectivity index (χ1v) is 9.60. The fraction of sp³-hybridized carbons (Fsp3) is 0.471. The molecule has 0 atom stereocenters. The number of nitrogens with one attached hydrogen (secondary N) is 2. The molecule has 0 saturated heterocycles. The lowest BCUT2D eigenvalue weighted by Gasteiger charge is -2.12. The molecule has 0 radical (unpaired) electrons. The van der Waals surface area contributed by atoms with E-state index in [1.54, 1.807) is 12.1 Å². The Morgan fingerprint density at radius 1 is 1.27 bits per heavy atom. The molecule has 0 aliphatic heterocycles. The summed E-state index contributed by atoms with van der Waals surface area (Å²) in [4.78, 5) is 4.49. The summed E-state index contributed by atoms with van der Waals surface area (Å²) in [6, 6.07) is 6.69. The molecule has 0 aliphatic carbocycles. The highest BCUT2D eigenvalue weighted by molar-refractivity contribution is 14.0. The van der Waals surface area contributed by atoms with E-state index in [0.717, 1.165) is 30.4 Å². The second-order valence-corrected chi connectivity index (χ2v) is 6.59. The summed E-state index contributed by atoms with van der Waals surface area (Å²) in [7, 11) is 1.93. The first kappa shape index (κ1) is 22.7. The molecule has 0 spiro atoms. The Hall–Kier alpha value is -1.36. The molecule has 0 saturated carbocycles. The van der Waals surface area contributed by atoms with Gasteiger partial charge in [-0.25, -0.2) is 9.38 Å². The Morgan fingerprint density at radius 3 is 2.69 bits per heavy atom. The topological polar surface area (TPSA) is 67.1 Å². The number of benzene rings is 1. The third-order valence-electron chi connectivity index (χ3n) is 3.78. The largest absolute Gasteiger partial charge is 0.356 e. The molecule has 1 heterocycles. The zero-order chi connectivity index (χ0) is 18.1. The third kappa shape index (κ3) is 7.10. The van der Waals surface area contributed by atoms with Crippen LogP contribution in [0.2, 0.25) is 0 Å². The number of aromatic nitrogens is 3. The van der Waals surface area contributed by atoms with Gasteiger partial charge in [-0.05, 0) is 31.4 Å². The minimum atomic E-state index is -0.239. The summed E-state index contributed by atoms with van der Waals surface area (Å²) in [5.74, 6) is 3.16. The average Bonchev–Trinajstić information content (AvgIpc) is 2.93. The standard InChI is InChI=1S/C17H25FN6S.HI/c1-13-22-23-16(24(13)2)12-21-17(19-9-6-10-25-3)20-11-14-7-4-5-8-15(14)18;/h4-5,7-8H,6,9-12H2,1-3H3,(H2,19,20,21);1H. The van der Waals surface area contributed by atoms with Crippen LogP contribution >= 0.6 is 35.7 Å². The highest BCUT2D eigenvalue weighted by Crippen LogP contribution is 2.07. The van der Waals surface area contributed by atoms with Gasteiger partial charge in [-0.2, -0.15) is 11.8 Å². The quantitative estimate of drug-likeness (QED) is 0.257. The molecule has 1 aromatic carbocycles. The summed E-state index contributed by atoms with van der Waals surface area (Å²) in [6.45, 7) is 3.50. The Morgan fingerprint density at radius 2 is 2.04 bits per heavy atom. The average molecular weight is 492 g/mol. The molecule has 26 heavy (non-hydrogen) atoms. The molecule has 0 amide bonds. The molecule has 2 rings (SSSR count). The van der Waals surface area contributed by atoms with Gasteiger partial charge in [-0.1, -0.05) is 18.2 Å². The Labute approximate surface area is 175 Å². The minimum Gasteiger partial charge on any atom is -0.356 e. The van der Waals surface area contributed by atoms with Crippen molar-refractivity contribution in [2.24, 2.45) is 12.0 Å². The van der Waals surface area contributed by atoms with E-state index in [1.807, 2.05) is 36.4 Å². The van der Waals surface area contributed by atoms with E-state index in [1.165, 1.54) is 6.07 Å². The van der Waals surface area contributed by atoms with Crippen LogP contribution in [0.15, 0.2) is 29.3 Å². The van der Waals surface area contributed by atoms with Crippen LogP contribution in [-0.4, -0.2) is 39.3 Å². The van der Waals surface area contributed by atoms with E-state index < -0.39 is 0 Å². The molecule has 2 aromatic rings. The Bertz CT molecular complexity index is 706. The maximum absolute atomic E-state index is 13.8. The van der Waals surface area contributed by atoms with Crippen molar-refractivity contribution in [3.05, 3.63) is 47.3 Å². The van der Waals surface area contributed by atoms with Crippen LogP contribution in [0.5, 0.6) is 0 Å². The van der Waals surface area contributed by atoms with E-state index >= 15 is 0 Å². The lowest BCUT2D eigenvalue weighted by Crippen LogP contribution is -2.38. The van der Waals surface area contributed by atoms with Crippen LogP contribution in [-0.2, 0) is 20.1 Å². The van der Waals surface area contributed by atoms with Crippen LogP contribution < -0.4 is 10.6 Å². The van der Waals surface area contributed by atoms with Gasteiger partial charge in [0.1, 0.15) is 11.6 Å². The van der Waals surface area contributed by atoms with Crippen molar-refractivity contribution in [2.45, 2.75) is 26.4 Å². The number of aryl methyl sites for hydroxylation is 1. The molecular formula is C17H26FIN6S. The number of guanidine groups is 1. The maximum atomic E-state index is 13.8. The van der Waals surface area contributed by atoms with Gasteiger partial charge in [0.2, 0.25) is 0 Å². The highest BCUT2D eigenvalue weighted by Gasteiger charge is 2.07. The molecule has 2 N–H and O–H groups in total. The zero-order valence-electron chi connectivity index (χ0n) is 15.3. The van der Waals surface area contributed by atoms with Crippen LogP contribution in [0.1, 0.15) is 23.6 Å². The lowest BCUT2D eigenvalue weighted by molar-refractivity contribution is 0.610. The summed E-state index contributed by atoms with van der Waals surface area (Å²) in [6.07, 6.45) is 3.12. The van der Waals surface area contributed by atoms with Crippen molar-refractivity contribution in [2.75, 3.05) is 18.6 Å². The monoisotopic (exact) mass is 492 g/mol. The molecule has 6 nitrogen and oxygen atoms in total. The summed E-state index contributed by atoms with van der Waals surface area (Å²) in [5.41, 5.74) is 0.571.